The molecule has 4 nitrogen and oxygen atoms in total. The second-order valence-electron chi connectivity index (χ2n) is 0.448. The van der Waals surface area contributed by atoms with Crippen LogP contribution in [0.3, 0.4) is 0 Å². The molecule has 6 heavy (non-hydrogen) atoms. The molecule has 0 bridgehead atoms. The van der Waals surface area contributed by atoms with Crippen LogP contribution in [0.5, 0.6) is 0 Å². The zero-order valence-corrected chi connectivity index (χ0v) is 6.43. The van der Waals surface area contributed by atoms with Gasteiger partial charge in [-0.25, -0.2) is 0 Å². The van der Waals surface area contributed by atoms with Gasteiger partial charge in [0.2, 0.25) is 0 Å². The van der Waals surface area contributed by atoms with E-state index in [4.69, 9.17) is 16.0 Å². The molecule has 0 spiro atoms. The van der Waals surface area contributed by atoms with Crippen LogP contribution in [0, 0.1) is 0 Å². The molecule has 0 aromatic carbocycles. The average Bonchev–Trinajstić information content (AvgIpc) is 0.722. The molecule has 0 rings (SSSR count). The van der Waals surface area contributed by atoms with Gasteiger partial charge in [0.1, 0.15) is 0 Å². The summed E-state index contributed by atoms with van der Waals surface area (Å²) in [5.41, 5.74) is 0. The molecular formula is H4O4Se2. The molecule has 0 aliphatic rings. The quantitative estimate of drug-likeness (QED) is 0.442. The van der Waals surface area contributed by atoms with E-state index in [1.165, 1.54) is 0 Å². The summed E-state index contributed by atoms with van der Waals surface area (Å²) in [6.45, 7) is 0. The first-order valence-corrected chi connectivity index (χ1v) is 3.63. The van der Waals surface area contributed by atoms with Crippen LogP contribution in [0.25, 0.3) is 0 Å². The second-order valence-corrected chi connectivity index (χ2v) is 2.33. The first-order chi connectivity index (χ1) is 2.00. The third-order valence-electron chi connectivity index (χ3n) is 0. The fourth-order valence-corrected chi connectivity index (χ4v) is 0. The van der Waals surface area contributed by atoms with E-state index in [1.54, 1.807) is 0 Å². The van der Waals surface area contributed by atoms with Crippen LogP contribution in [-0.4, -0.2) is 38.8 Å². The Balaban J connectivity index is 0. The van der Waals surface area contributed by atoms with Crippen molar-refractivity contribution in [1.29, 1.82) is 0 Å². The number of hydrogen-bond donors (Lipinski definition) is 2. The standard InChI is InChI=1S/H2O4Se.H2Se/c1-5(2,3)4;/h(H2,1,2,3,4);1H2. The van der Waals surface area contributed by atoms with Crippen LogP contribution < -0.4 is 0 Å². The van der Waals surface area contributed by atoms with Gasteiger partial charge in [-0.3, -0.25) is 0 Å². The molecule has 0 aliphatic heterocycles. The van der Waals surface area contributed by atoms with E-state index >= 15 is 0 Å². The summed E-state index contributed by atoms with van der Waals surface area (Å²) < 4.78 is 31.9. The van der Waals surface area contributed by atoms with Gasteiger partial charge in [0, 0.05) is 0 Å². The maximum atomic E-state index is 8.82. The Morgan fingerprint density at radius 3 is 1.17 bits per heavy atom. The topological polar surface area (TPSA) is 74.6 Å². The molecule has 0 aromatic heterocycles. The van der Waals surface area contributed by atoms with E-state index in [0.717, 1.165) is 0 Å². The van der Waals surface area contributed by atoms with Crippen LogP contribution in [0.1, 0.15) is 0 Å². The third kappa shape index (κ3) is 185. The van der Waals surface area contributed by atoms with Gasteiger partial charge in [0.25, 0.3) is 0 Å². The molecule has 2 N–H and O–H groups in total. The summed E-state index contributed by atoms with van der Waals surface area (Å²) in [5, 5.41) is 0. The Morgan fingerprint density at radius 1 is 1.17 bits per heavy atom. The van der Waals surface area contributed by atoms with Gasteiger partial charge in [-0.05, 0) is 0 Å². The summed E-state index contributed by atoms with van der Waals surface area (Å²) in [6.07, 6.45) is 0. The molecule has 0 amide bonds. The first kappa shape index (κ1) is 9.75. The van der Waals surface area contributed by atoms with Crippen LogP contribution in [-0.2, 0) is 7.67 Å². The molecule has 0 atom stereocenters. The molecule has 0 radical (unpaired) electrons. The third-order valence-corrected chi connectivity index (χ3v) is 0. The molecular weight excluding hydrogens is 222 g/mol. The number of rotatable bonds is 0. The molecule has 6 heteroatoms. The predicted octanol–water partition coefficient (Wildman–Crippen LogP) is -2.65. The molecule has 0 saturated heterocycles. The van der Waals surface area contributed by atoms with Crippen LogP contribution in [0.4, 0.5) is 0 Å². The van der Waals surface area contributed by atoms with Gasteiger partial charge in [-0.1, -0.05) is 0 Å². The molecule has 40 valence electrons. The summed E-state index contributed by atoms with van der Waals surface area (Å²) in [7, 11) is 0. The summed E-state index contributed by atoms with van der Waals surface area (Å²) in [4.78, 5) is 0. The van der Waals surface area contributed by atoms with Crippen molar-refractivity contribution in [2.24, 2.45) is 0 Å². The van der Waals surface area contributed by atoms with Gasteiger partial charge in [-0.15, -0.1) is 0 Å². The van der Waals surface area contributed by atoms with Crippen LogP contribution in [0.15, 0.2) is 0 Å². The van der Waals surface area contributed by atoms with E-state index in [2.05, 4.69) is 0 Å². The van der Waals surface area contributed by atoms with E-state index < -0.39 is 13.4 Å². The Bertz CT molecular complexity index is 88.7. The molecule has 0 saturated carbocycles. The molecule has 0 unspecified atom stereocenters. The molecule has 0 heterocycles. The Morgan fingerprint density at radius 2 is 1.17 bits per heavy atom. The Hall–Kier alpha value is 0.559. The fourth-order valence-electron chi connectivity index (χ4n) is 0. The predicted molar refractivity (Wildman–Crippen MR) is 20.1 cm³/mol. The van der Waals surface area contributed by atoms with Crippen molar-refractivity contribution in [3.05, 3.63) is 0 Å². The van der Waals surface area contributed by atoms with Crippen molar-refractivity contribution in [2.45, 2.75) is 0 Å². The maximum absolute atomic E-state index is 8.82. The van der Waals surface area contributed by atoms with E-state index in [0.29, 0.717) is 0 Å². The molecule has 0 aliphatic carbocycles. The van der Waals surface area contributed by atoms with E-state index in [1.807, 2.05) is 0 Å². The van der Waals surface area contributed by atoms with Crippen molar-refractivity contribution < 1.29 is 16.0 Å². The average molecular weight is 226 g/mol. The Kier molecular flexibility index (Phi) is 4.37. The SMILES string of the molecule is O=[Se](=O)(O)O.[SeH2]. The van der Waals surface area contributed by atoms with Crippen molar-refractivity contribution in [3.63, 3.8) is 0 Å². The minimum atomic E-state index is -5.25. The zero-order chi connectivity index (χ0) is 4.50. The van der Waals surface area contributed by atoms with Gasteiger partial charge in [0.05, 0.1) is 0 Å². The van der Waals surface area contributed by atoms with Gasteiger partial charge in [0.15, 0.2) is 0 Å². The van der Waals surface area contributed by atoms with E-state index in [-0.39, 0.29) is 17.1 Å². The van der Waals surface area contributed by atoms with Gasteiger partial charge >= 0.3 is 46.5 Å². The van der Waals surface area contributed by atoms with Crippen molar-refractivity contribution in [3.8, 4) is 0 Å². The van der Waals surface area contributed by atoms with Gasteiger partial charge < -0.3 is 0 Å². The van der Waals surface area contributed by atoms with Crippen molar-refractivity contribution in [1.82, 2.24) is 0 Å². The number of hydrogen-bond acceptors (Lipinski definition) is 2. The molecule has 0 fully saturated rings. The first-order valence-electron chi connectivity index (χ1n) is 0.698. The monoisotopic (exact) mass is 228 g/mol. The van der Waals surface area contributed by atoms with Crippen molar-refractivity contribution >= 4 is 30.4 Å². The summed E-state index contributed by atoms with van der Waals surface area (Å²) in [5.74, 6) is 0. The summed E-state index contributed by atoms with van der Waals surface area (Å²) in [6, 6.07) is 0. The second kappa shape index (κ2) is 2.69. The van der Waals surface area contributed by atoms with Gasteiger partial charge in [-0.2, -0.15) is 0 Å². The van der Waals surface area contributed by atoms with E-state index in [9.17, 15) is 0 Å². The molecule has 0 aromatic rings. The van der Waals surface area contributed by atoms with Crippen LogP contribution >= 0.6 is 0 Å². The minimum absolute atomic E-state index is 0. The normalized spacial score (nSPS) is 9.67. The Labute approximate surface area is 46.9 Å². The fraction of sp³-hybridized carbons (Fsp3) is 0. The summed E-state index contributed by atoms with van der Waals surface area (Å²) >= 11 is -5.25. The van der Waals surface area contributed by atoms with Crippen molar-refractivity contribution in [2.75, 3.05) is 0 Å². The zero-order valence-electron chi connectivity index (χ0n) is 2.62. The van der Waals surface area contributed by atoms with Crippen LogP contribution in [0.2, 0.25) is 0 Å².